The van der Waals surface area contributed by atoms with Gasteiger partial charge in [-0.3, -0.25) is 0 Å². The second kappa shape index (κ2) is 3.51. The highest BCUT2D eigenvalue weighted by Gasteiger charge is 1.76. The van der Waals surface area contributed by atoms with Crippen LogP contribution in [0, 0.1) is 0 Å². The van der Waals surface area contributed by atoms with Gasteiger partial charge in [0.2, 0.25) is 0 Å². The van der Waals surface area contributed by atoms with E-state index >= 15 is 0 Å². The molecule has 0 aliphatic carbocycles. The van der Waals surface area contributed by atoms with Crippen LogP contribution in [0.5, 0.6) is 0 Å². The molecule has 7 heavy (non-hydrogen) atoms. The number of hydrogen-bond acceptors (Lipinski definition) is 1. The quantitative estimate of drug-likeness (QED) is 0.468. The molecule has 0 fully saturated rings. The Morgan fingerprint density at radius 2 is 2.43 bits per heavy atom. The lowest BCUT2D eigenvalue weighted by atomic mass is 10.6. The Balaban J connectivity index is 3.35. The number of hydrogen-bond donors (Lipinski definition) is 0. The Kier molecular flexibility index (Phi) is 3.17. The summed E-state index contributed by atoms with van der Waals surface area (Å²) in [5.41, 5.74) is 2.67. The predicted octanol–water partition coefficient (Wildman–Crippen LogP) is 1.24. The summed E-state index contributed by atoms with van der Waals surface area (Å²) in [4.78, 5) is 2.01. The van der Waals surface area contributed by atoms with E-state index in [1.807, 2.05) is 18.1 Å². The van der Waals surface area contributed by atoms with Crippen LogP contribution in [0.4, 0.5) is 0 Å². The molecule has 0 aliphatic rings. The van der Waals surface area contributed by atoms with Crippen LogP contribution in [-0.2, 0) is 0 Å². The number of rotatable bonds is 2. The zero-order valence-corrected chi connectivity index (χ0v) is 4.94. The molecule has 0 unspecified atom stereocenters. The van der Waals surface area contributed by atoms with Crippen LogP contribution < -0.4 is 0 Å². The Bertz CT molecular complexity index is 80.2. The second-order valence-corrected chi connectivity index (χ2v) is 1.41. The minimum Gasteiger partial charge on any atom is -0.375 e. The maximum absolute atomic E-state index is 3.43. The lowest BCUT2D eigenvalue weighted by Crippen LogP contribution is -2.07. The molecule has 0 N–H and O–H groups in total. The van der Waals surface area contributed by atoms with Gasteiger partial charge in [-0.1, -0.05) is 6.58 Å². The average molecular weight is 97.2 g/mol. The van der Waals surface area contributed by atoms with E-state index in [9.17, 15) is 0 Å². The largest absolute Gasteiger partial charge is 0.375 e. The fraction of sp³-hybridized carbons (Fsp3) is 0.500. The normalized spacial score (nSPS) is 7.14. The van der Waals surface area contributed by atoms with Crippen LogP contribution in [0.3, 0.4) is 0 Å². The van der Waals surface area contributed by atoms with Crippen LogP contribution in [0.25, 0.3) is 0 Å². The fourth-order valence-electron chi connectivity index (χ4n) is 0.247. The molecular weight excluding hydrogens is 86.1 g/mol. The first kappa shape index (κ1) is 6.32. The van der Waals surface area contributed by atoms with Crippen molar-refractivity contribution in [3.63, 3.8) is 0 Å². The van der Waals surface area contributed by atoms with Gasteiger partial charge in [-0.25, -0.2) is 0 Å². The molecule has 0 heterocycles. The van der Waals surface area contributed by atoms with Crippen molar-refractivity contribution in [2.75, 3.05) is 13.6 Å². The van der Waals surface area contributed by atoms with Gasteiger partial charge in [0, 0.05) is 19.8 Å². The summed E-state index contributed by atoms with van der Waals surface area (Å²) >= 11 is 0. The van der Waals surface area contributed by atoms with Crippen LogP contribution in [0.2, 0.25) is 0 Å². The van der Waals surface area contributed by atoms with Gasteiger partial charge in [0.05, 0.1) is 0 Å². The summed E-state index contributed by atoms with van der Waals surface area (Å²) in [6.45, 7) is 6.52. The van der Waals surface area contributed by atoms with Crippen molar-refractivity contribution in [2.24, 2.45) is 0 Å². The van der Waals surface area contributed by atoms with Crippen LogP contribution in [-0.4, -0.2) is 18.5 Å². The Labute approximate surface area is 44.9 Å². The minimum absolute atomic E-state index is 1.02. The monoisotopic (exact) mass is 97.1 g/mol. The first-order valence-corrected chi connectivity index (χ1v) is 2.37. The highest BCUT2D eigenvalue weighted by Crippen LogP contribution is 1.76. The van der Waals surface area contributed by atoms with E-state index in [1.54, 1.807) is 0 Å². The second-order valence-electron chi connectivity index (χ2n) is 1.41. The van der Waals surface area contributed by atoms with E-state index in [4.69, 9.17) is 0 Å². The Morgan fingerprint density at radius 1 is 1.86 bits per heavy atom. The van der Waals surface area contributed by atoms with E-state index in [0.29, 0.717) is 0 Å². The van der Waals surface area contributed by atoms with E-state index < -0.39 is 0 Å². The summed E-state index contributed by atoms with van der Waals surface area (Å²) in [7, 11) is 1.98. The molecule has 0 spiro atoms. The summed E-state index contributed by atoms with van der Waals surface area (Å²) in [5, 5.41) is 0. The Hall–Kier alpha value is -0.680. The van der Waals surface area contributed by atoms with Crippen LogP contribution >= 0.6 is 0 Å². The molecule has 1 nitrogen and oxygen atoms in total. The fourth-order valence-corrected chi connectivity index (χ4v) is 0.247. The molecule has 0 aromatic rings. The minimum atomic E-state index is 1.02. The summed E-state index contributed by atoms with van der Waals surface area (Å²) < 4.78 is 0. The van der Waals surface area contributed by atoms with E-state index in [0.717, 1.165) is 6.54 Å². The maximum atomic E-state index is 3.43. The van der Waals surface area contributed by atoms with Crippen molar-refractivity contribution < 1.29 is 0 Å². The molecule has 0 saturated heterocycles. The Morgan fingerprint density at radius 3 is 2.57 bits per heavy atom. The SMILES string of the molecule is C=C=CN(C)CC. The predicted molar refractivity (Wildman–Crippen MR) is 32.0 cm³/mol. The van der Waals surface area contributed by atoms with Gasteiger partial charge in [-0.15, -0.1) is 5.73 Å². The molecule has 0 radical (unpaired) electrons. The molecule has 0 bridgehead atoms. The van der Waals surface area contributed by atoms with E-state index in [1.165, 1.54) is 0 Å². The van der Waals surface area contributed by atoms with E-state index in [2.05, 4.69) is 19.2 Å². The summed E-state index contributed by atoms with van der Waals surface area (Å²) in [6, 6.07) is 0. The van der Waals surface area contributed by atoms with Crippen molar-refractivity contribution in [1.82, 2.24) is 4.90 Å². The van der Waals surface area contributed by atoms with Crippen LogP contribution in [0.1, 0.15) is 6.92 Å². The molecule has 1 heteroatoms. The molecule has 0 aromatic heterocycles. The molecule has 0 saturated carbocycles. The zero-order chi connectivity index (χ0) is 5.70. The summed E-state index contributed by atoms with van der Waals surface area (Å²) in [5.74, 6) is 0. The average Bonchev–Trinajstić information content (AvgIpc) is 1.68. The first-order chi connectivity index (χ1) is 3.31. The molecule has 0 aliphatic heterocycles. The van der Waals surface area contributed by atoms with Gasteiger partial charge in [-0.05, 0) is 6.92 Å². The number of nitrogens with zero attached hydrogens (tertiary/aromatic N) is 1. The van der Waals surface area contributed by atoms with Crippen molar-refractivity contribution in [3.8, 4) is 0 Å². The third-order valence-electron chi connectivity index (χ3n) is 0.810. The van der Waals surface area contributed by atoms with E-state index in [-0.39, 0.29) is 0 Å². The lowest BCUT2D eigenvalue weighted by Gasteiger charge is -2.05. The van der Waals surface area contributed by atoms with Gasteiger partial charge in [0.25, 0.3) is 0 Å². The molecular formula is C6H11N. The molecule has 0 aromatic carbocycles. The van der Waals surface area contributed by atoms with Crippen LogP contribution in [0.15, 0.2) is 18.5 Å². The highest BCUT2D eigenvalue weighted by molar-refractivity contribution is 4.73. The van der Waals surface area contributed by atoms with Gasteiger partial charge in [0.1, 0.15) is 0 Å². The van der Waals surface area contributed by atoms with Gasteiger partial charge in [0.15, 0.2) is 0 Å². The smallest absolute Gasteiger partial charge is 0.0414 e. The van der Waals surface area contributed by atoms with Gasteiger partial charge < -0.3 is 4.90 Å². The standard InChI is InChI=1S/C6H11N/c1-4-6-7(3)5-2/h6H,1,5H2,2-3H3. The van der Waals surface area contributed by atoms with Gasteiger partial charge >= 0.3 is 0 Å². The summed E-state index contributed by atoms with van der Waals surface area (Å²) in [6.07, 6.45) is 1.82. The lowest BCUT2D eigenvalue weighted by molar-refractivity contribution is 0.485. The topological polar surface area (TPSA) is 3.24 Å². The molecule has 0 amide bonds. The van der Waals surface area contributed by atoms with Crippen molar-refractivity contribution in [1.29, 1.82) is 0 Å². The van der Waals surface area contributed by atoms with Crippen molar-refractivity contribution in [3.05, 3.63) is 18.5 Å². The third-order valence-corrected chi connectivity index (χ3v) is 0.810. The molecule has 0 rings (SSSR count). The highest BCUT2D eigenvalue weighted by atomic mass is 15.1. The van der Waals surface area contributed by atoms with Crippen molar-refractivity contribution >= 4 is 0 Å². The van der Waals surface area contributed by atoms with Gasteiger partial charge in [-0.2, -0.15) is 0 Å². The third kappa shape index (κ3) is 3.14. The zero-order valence-electron chi connectivity index (χ0n) is 4.94. The van der Waals surface area contributed by atoms with Crippen molar-refractivity contribution in [2.45, 2.75) is 6.92 Å². The first-order valence-electron chi connectivity index (χ1n) is 2.37. The molecule has 40 valence electrons. The maximum Gasteiger partial charge on any atom is 0.0414 e. The molecule has 0 atom stereocenters.